The van der Waals surface area contributed by atoms with Gasteiger partial charge in [-0.1, -0.05) is 25.1 Å². The van der Waals surface area contributed by atoms with Gasteiger partial charge in [-0.2, -0.15) is 0 Å². The van der Waals surface area contributed by atoms with E-state index in [-0.39, 0.29) is 35.4 Å². The molecule has 148 valence electrons. The number of halogens is 1. The minimum Gasteiger partial charge on any atom is -0.503 e. The molecule has 0 saturated carbocycles. The van der Waals surface area contributed by atoms with E-state index in [1.807, 2.05) is 6.92 Å². The van der Waals surface area contributed by atoms with Crippen LogP contribution in [0.4, 0.5) is 4.79 Å². The predicted octanol–water partition coefficient (Wildman–Crippen LogP) is 2.51. The minimum absolute atomic E-state index is 0.0304. The fraction of sp³-hybridized carbons (Fsp3) is 0.444. The van der Waals surface area contributed by atoms with Gasteiger partial charge in [-0.05, 0) is 24.1 Å². The number of amides is 2. The Labute approximate surface area is 162 Å². The van der Waals surface area contributed by atoms with Crippen LogP contribution in [-0.2, 0) is 14.3 Å². The van der Waals surface area contributed by atoms with Gasteiger partial charge in [0.05, 0.1) is 24.8 Å². The van der Waals surface area contributed by atoms with Gasteiger partial charge >= 0.3 is 12.0 Å². The molecule has 2 rings (SSSR count). The lowest BCUT2D eigenvalue weighted by Crippen LogP contribution is -2.51. The number of phenols is 1. The van der Waals surface area contributed by atoms with Gasteiger partial charge < -0.3 is 30.0 Å². The van der Waals surface area contributed by atoms with Crippen molar-refractivity contribution in [1.29, 1.82) is 0 Å². The van der Waals surface area contributed by atoms with Crippen molar-refractivity contribution in [2.75, 3.05) is 26.9 Å². The molecule has 9 heteroatoms. The maximum atomic E-state index is 12.6. The summed E-state index contributed by atoms with van der Waals surface area (Å²) in [7, 11) is 1.37. The Morgan fingerprint density at radius 1 is 1.33 bits per heavy atom. The average molecular weight is 399 g/mol. The van der Waals surface area contributed by atoms with Crippen molar-refractivity contribution in [3.63, 3.8) is 0 Å². The van der Waals surface area contributed by atoms with Crippen LogP contribution in [0.25, 0.3) is 0 Å². The highest BCUT2D eigenvalue weighted by Gasteiger charge is 2.39. The highest BCUT2D eigenvalue weighted by Crippen LogP contribution is 2.39. The van der Waals surface area contributed by atoms with E-state index >= 15 is 0 Å². The summed E-state index contributed by atoms with van der Waals surface area (Å²) in [4.78, 5) is 24.5. The molecule has 1 aliphatic rings. The van der Waals surface area contributed by atoms with Crippen molar-refractivity contribution in [2.24, 2.45) is 5.92 Å². The molecule has 1 saturated heterocycles. The van der Waals surface area contributed by atoms with Crippen LogP contribution in [0.15, 0.2) is 24.4 Å². The second-order valence-electron chi connectivity index (χ2n) is 5.91. The summed E-state index contributed by atoms with van der Waals surface area (Å²) in [6, 6.07) is 1.65. The first kappa shape index (κ1) is 20.9. The number of nitrogens with one attached hydrogen (secondary N) is 2. The van der Waals surface area contributed by atoms with E-state index in [1.54, 1.807) is 0 Å². The number of hydrogen-bond donors (Lipinski definition) is 3. The van der Waals surface area contributed by atoms with E-state index in [2.05, 4.69) is 17.2 Å². The Morgan fingerprint density at radius 3 is 2.74 bits per heavy atom. The molecular weight excluding hydrogens is 376 g/mol. The number of urea groups is 1. The van der Waals surface area contributed by atoms with Crippen LogP contribution in [0.5, 0.6) is 11.5 Å². The maximum absolute atomic E-state index is 12.6. The summed E-state index contributed by atoms with van der Waals surface area (Å²) < 4.78 is 15.6. The third kappa shape index (κ3) is 5.05. The second-order valence-corrected chi connectivity index (χ2v) is 6.32. The number of carbonyl (C=O) groups excluding carboxylic acids is 2. The van der Waals surface area contributed by atoms with Crippen LogP contribution in [0.1, 0.15) is 24.9 Å². The summed E-state index contributed by atoms with van der Waals surface area (Å²) in [5.41, 5.74) is 0.668. The molecule has 0 bridgehead atoms. The van der Waals surface area contributed by atoms with Gasteiger partial charge in [0.15, 0.2) is 11.5 Å². The van der Waals surface area contributed by atoms with Gasteiger partial charge in [0.25, 0.3) is 0 Å². The van der Waals surface area contributed by atoms with E-state index in [9.17, 15) is 14.7 Å². The first-order valence-corrected chi connectivity index (χ1v) is 8.83. The number of methoxy groups -OCH3 is 1. The summed E-state index contributed by atoms with van der Waals surface area (Å²) in [6.07, 6.45) is 0.870. The van der Waals surface area contributed by atoms with E-state index in [0.29, 0.717) is 12.2 Å². The summed E-state index contributed by atoms with van der Waals surface area (Å²) >= 11 is 6.04. The number of carbonyl (C=O) groups is 2. The molecule has 1 aromatic rings. The molecule has 1 fully saturated rings. The van der Waals surface area contributed by atoms with Gasteiger partial charge in [-0.3, -0.25) is 4.79 Å². The Bertz CT molecular complexity index is 724. The average Bonchev–Trinajstić information content (AvgIpc) is 2.62. The fourth-order valence-corrected chi connectivity index (χ4v) is 2.92. The first-order chi connectivity index (χ1) is 12.9. The van der Waals surface area contributed by atoms with Crippen molar-refractivity contribution >= 4 is 23.6 Å². The van der Waals surface area contributed by atoms with Crippen LogP contribution in [-0.4, -0.2) is 44.0 Å². The number of aromatic hydroxyl groups is 1. The highest BCUT2D eigenvalue weighted by molar-refractivity contribution is 6.32. The zero-order valence-corrected chi connectivity index (χ0v) is 16.0. The molecule has 2 atom stereocenters. The van der Waals surface area contributed by atoms with Gasteiger partial charge in [0.2, 0.25) is 0 Å². The van der Waals surface area contributed by atoms with Crippen LogP contribution < -0.4 is 15.4 Å². The SMILES string of the molecule is C=C1NC(=O)N[C@@H](c2cc(Cl)c(O)c(OC)c2)[C@@H]1C(=O)OCCOCCC. The molecule has 3 N–H and O–H groups in total. The number of phenolic OH excluding ortho intramolecular Hbond substituents is 1. The lowest BCUT2D eigenvalue weighted by Gasteiger charge is -2.33. The van der Waals surface area contributed by atoms with Crippen molar-refractivity contribution < 1.29 is 28.9 Å². The van der Waals surface area contributed by atoms with Crippen molar-refractivity contribution in [3.8, 4) is 11.5 Å². The Balaban J connectivity index is 2.23. The summed E-state index contributed by atoms with van der Waals surface area (Å²) in [6.45, 7) is 6.69. The molecular formula is C18H23ClN2O6. The van der Waals surface area contributed by atoms with E-state index < -0.39 is 24.0 Å². The quantitative estimate of drug-likeness (QED) is 0.459. The zero-order valence-electron chi connectivity index (χ0n) is 15.2. The third-order valence-electron chi connectivity index (χ3n) is 3.97. The number of rotatable bonds is 8. The fourth-order valence-electron chi connectivity index (χ4n) is 2.71. The summed E-state index contributed by atoms with van der Waals surface area (Å²) in [5, 5.41) is 15.1. The Hall–Kier alpha value is -2.45. The van der Waals surface area contributed by atoms with Gasteiger partial charge in [0.1, 0.15) is 12.5 Å². The number of esters is 1. The molecule has 8 nitrogen and oxygen atoms in total. The third-order valence-corrected chi connectivity index (χ3v) is 4.26. The normalized spacial score (nSPS) is 19.2. The number of ether oxygens (including phenoxy) is 3. The van der Waals surface area contributed by atoms with Crippen LogP contribution in [0.3, 0.4) is 0 Å². The maximum Gasteiger partial charge on any atom is 0.319 e. The van der Waals surface area contributed by atoms with Crippen molar-refractivity contribution in [3.05, 3.63) is 35.0 Å². The number of benzene rings is 1. The largest absolute Gasteiger partial charge is 0.503 e. The van der Waals surface area contributed by atoms with Crippen molar-refractivity contribution in [1.82, 2.24) is 10.6 Å². The molecule has 1 aromatic carbocycles. The molecule has 27 heavy (non-hydrogen) atoms. The Morgan fingerprint density at radius 2 is 2.07 bits per heavy atom. The van der Waals surface area contributed by atoms with Crippen LogP contribution in [0, 0.1) is 5.92 Å². The van der Waals surface area contributed by atoms with Crippen molar-refractivity contribution in [2.45, 2.75) is 19.4 Å². The molecule has 0 spiro atoms. The Kier molecular flexibility index (Phi) is 7.32. The van der Waals surface area contributed by atoms with Crippen LogP contribution in [0.2, 0.25) is 5.02 Å². The van der Waals surface area contributed by atoms with Crippen LogP contribution >= 0.6 is 11.6 Å². The smallest absolute Gasteiger partial charge is 0.319 e. The lowest BCUT2D eigenvalue weighted by atomic mass is 9.89. The predicted molar refractivity (Wildman–Crippen MR) is 98.8 cm³/mol. The van der Waals surface area contributed by atoms with E-state index in [0.717, 1.165) is 6.42 Å². The molecule has 0 aliphatic carbocycles. The van der Waals surface area contributed by atoms with Gasteiger partial charge in [-0.25, -0.2) is 4.79 Å². The molecule has 0 unspecified atom stereocenters. The standard InChI is InChI=1S/C18H23ClN2O6/c1-4-5-26-6-7-27-17(23)14-10(2)20-18(24)21-15(14)11-8-12(19)16(22)13(9-11)25-3/h8-9,14-15,22H,2,4-7H2,1,3H3,(H2,20,21,24)/t14-,15+/m1/s1. The molecule has 1 aliphatic heterocycles. The molecule has 0 radical (unpaired) electrons. The first-order valence-electron chi connectivity index (χ1n) is 8.46. The highest BCUT2D eigenvalue weighted by atomic mass is 35.5. The second kappa shape index (κ2) is 9.48. The minimum atomic E-state index is -0.890. The van der Waals surface area contributed by atoms with E-state index in [4.69, 9.17) is 25.8 Å². The van der Waals surface area contributed by atoms with Gasteiger partial charge in [0, 0.05) is 12.3 Å². The van der Waals surface area contributed by atoms with E-state index in [1.165, 1.54) is 19.2 Å². The molecule has 1 heterocycles. The van der Waals surface area contributed by atoms with Gasteiger partial charge in [-0.15, -0.1) is 0 Å². The molecule has 2 amide bonds. The lowest BCUT2D eigenvalue weighted by molar-refractivity contribution is -0.150. The topological polar surface area (TPSA) is 106 Å². The monoisotopic (exact) mass is 398 g/mol. The molecule has 0 aromatic heterocycles. The number of hydrogen-bond acceptors (Lipinski definition) is 6. The zero-order chi connectivity index (χ0) is 20.0. The summed E-state index contributed by atoms with van der Waals surface area (Å²) in [5.74, 6) is -1.56.